The van der Waals surface area contributed by atoms with Crippen LogP contribution in [0.4, 0.5) is 11.4 Å². The summed E-state index contributed by atoms with van der Waals surface area (Å²) in [5.41, 5.74) is 2.78. The summed E-state index contributed by atoms with van der Waals surface area (Å²) in [6, 6.07) is 18.0. The Labute approximate surface area is 204 Å². The number of nitrogens with zero attached hydrogens (tertiary/aromatic N) is 1. The second kappa shape index (κ2) is 10.8. The van der Waals surface area contributed by atoms with Crippen molar-refractivity contribution in [3.05, 3.63) is 71.8 Å². The lowest BCUT2D eigenvalue weighted by Gasteiger charge is -2.29. The Morgan fingerprint density at radius 2 is 1.69 bits per heavy atom. The number of amides is 2. The lowest BCUT2D eigenvalue weighted by atomic mass is 10.1. The van der Waals surface area contributed by atoms with Crippen molar-refractivity contribution < 1.29 is 28.5 Å². The van der Waals surface area contributed by atoms with E-state index in [0.29, 0.717) is 53.8 Å². The normalized spacial score (nSPS) is 12.4. The van der Waals surface area contributed by atoms with Gasteiger partial charge < -0.3 is 29.2 Å². The molecule has 1 heterocycles. The zero-order chi connectivity index (χ0) is 24.8. The molecule has 3 aromatic carbocycles. The second-order valence-corrected chi connectivity index (χ2v) is 8.09. The molecule has 1 aliphatic heterocycles. The summed E-state index contributed by atoms with van der Waals surface area (Å²) < 4.78 is 21.9. The van der Waals surface area contributed by atoms with Crippen LogP contribution in [0.1, 0.15) is 22.3 Å². The van der Waals surface area contributed by atoms with E-state index in [-0.39, 0.29) is 18.4 Å². The fraction of sp³-hybridized carbons (Fsp3) is 0.259. The van der Waals surface area contributed by atoms with Crippen molar-refractivity contribution in [2.24, 2.45) is 0 Å². The molecule has 35 heavy (non-hydrogen) atoms. The van der Waals surface area contributed by atoms with Crippen molar-refractivity contribution in [3.63, 3.8) is 0 Å². The fourth-order valence-corrected chi connectivity index (χ4v) is 3.72. The molecule has 0 saturated heterocycles. The number of aryl methyl sites for hydroxylation is 1. The molecule has 0 radical (unpaired) electrons. The van der Waals surface area contributed by atoms with Crippen molar-refractivity contribution in [3.8, 4) is 23.0 Å². The van der Waals surface area contributed by atoms with Crippen LogP contribution < -0.4 is 29.2 Å². The van der Waals surface area contributed by atoms with Crippen LogP contribution in [0, 0.1) is 6.92 Å². The molecule has 4 rings (SSSR count). The van der Waals surface area contributed by atoms with Gasteiger partial charge in [0.2, 0.25) is 0 Å². The third-order valence-electron chi connectivity index (χ3n) is 5.59. The van der Waals surface area contributed by atoms with Gasteiger partial charge in [-0.25, -0.2) is 0 Å². The average Bonchev–Trinajstić information content (AvgIpc) is 2.88. The Balaban J connectivity index is 1.40. The van der Waals surface area contributed by atoms with Gasteiger partial charge >= 0.3 is 0 Å². The minimum atomic E-state index is -0.320. The van der Waals surface area contributed by atoms with Gasteiger partial charge in [0.1, 0.15) is 23.0 Å². The predicted molar refractivity (Wildman–Crippen MR) is 133 cm³/mol. The van der Waals surface area contributed by atoms with Crippen LogP contribution in [0.25, 0.3) is 0 Å². The molecule has 0 aliphatic carbocycles. The highest BCUT2D eigenvalue weighted by Crippen LogP contribution is 2.35. The number of benzene rings is 3. The minimum absolute atomic E-state index is 0.0592. The van der Waals surface area contributed by atoms with Gasteiger partial charge in [0.25, 0.3) is 11.8 Å². The Bertz CT molecular complexity index is 1190. The number of fused-ring (bicyclic) bond motifs is 1. The van der Waals surface area contributed by atoms with Gasteiger partial charge in [0.15, 0.2) is 6.61 Å². The van der Waals surface area contributed by atoms with E-state index in [9.17, 15) is 9.59 Å². The summed E-state index contributed by atoms with van der Waals surface area (Å²) in [6.07, 6.45) is 0.662. The van der Waals surface area contributed by atoms with Gasteiger partial charge in [-0.2, -0.15) is 0 Å². The summed E-state index contributed by atoms with van der Waals surface area (Å²) in [7, 11) is 3.05. The molecule has 8 heteroatoms. The molecule has 0 aromatic heterocycles. The summed E-state index contributed by atoms with van der Waals surface area (Å²) >= 11 is 0. The third kappa shape index (κ3) is 5.84. The maximum absolute atomic E-state index is 12.8. The highest BCUT2D eigenvalue weighted by molar-refractivity contribution is 6.05. The Morgan fingerprint density at radius 3 is 2.37 bits per heavy atom. The molecule has 3 aromatic rings. The van der Waals surface area contributed by atoms with E-state index in [1.807, 2.05) is 31.2 Å². The van der Waals surface area contributed by atoms with Crippen LogP contribution in [0.2, 0.25) is 0 Å². The molecule has 0 atom stereocenters. The smallest absolute Gasteiger partial charge is 0.265 e. The maximum atomic E-state index is 12.8. The average molecular weight is 477 g/mol. The number of carbonyl (C=O) groups excluding carboxylic acids is 2. The van der Waals surface area contributed by atoms with Crippen molar-refractivity contribution in [1.29, 1.82) is 0 Å². The first-order valence-corrected chi connectivity index (χ1v) is 11.3. The molecule has 0 bridgehead atoms. The van der Waals surface area contributed by atoms with Crippen molar-refractivity contribution in [2.45, 2.75) is 13.3 Å². The fourth-order valence-electron chi connectivity index (χ4n) is 3.72. The largest absolute Gasteiger partial charge is 0.497 e. The number of ether oxygens (including phenoxy) is 4. The molecule has 0 saturated carbocycles. The van der Waals surface area contributed by atoms with E-state index in [0.717, 1.165) is 5.75 Å². The summed E-state index contributed by atoms with van der Waals surface area (Å²) in [5, 5.41) is 2.86. The first-order valence-electron chi connectivity index (χ1n) is 11.3. The number of methoxy groups -OCH3 is 2. The third-order valence-corrected chi connectivity index (χ3v) is 5.59. The molecule has 182 valence electrons. The van der Waals surface area contributed by atoms with Crippen LogP contribution in [0.3, 0.4) is 0 Å². The van der Waals surface area contributed by atoms with E-state index in [1.165, 1.54) is 19.8 Å². The van der Waals surface area contributed by atoms with Crippen LogP contribution in [0.15, 0.2) is 60.7 Å². The molecule has 0 fully saturated rings. The van der Waals surface area contributed by atoms with E-state index in [1.54, 1.807) is 41.3 Å². The molecule has 0 spiro atoms. The Hall–Kier alpha value is -4.20. The number of nitrogens with one attached hydrogen (secondary N) is 1. The molecule has 1 N–H and O–H groups in total. The van der Waals surface area contributed by atoms with Crippen LogP contribution in [0.5, 0.6) is 23.0 Å². The molecule has 0 unspecified atom stereocenters. The monoisotopic (exact) mass is 476 g/mol. The summed E-state index contributed by atoms with van der Waals surface area (Å²) in [6.45, 7) is 2.95. The van der Waals surface area contributed by atoms with Gasteiger partial charge in [-0.05, 0) is 49.7 Å². The van der Waals surface area contributed by atoms with Crippen molar-refractivity contribution in [1.82, 2.24) is 0 Å². The minimum Gasteiger partial charge on any atom is -0.497 e. The molecular weight excluding hydrogens is 448 g/mol. The SMILES string of the molecule is COc1cc(OC)cc(C(=O)Nc2ccc3c(c2)OCC(=O)N3CCCOc2ccc(C)cc2)c1. The molecule has 8 nitrogen and oxygen atoms in total. The first-order chi connectivity index (χ1) is 17.0. The maximum Gasteiger partial charge on any atom is 0.265 e. The van der Waals surface area contributed by atoms with Gasteiger partial charge in [-0.15, -0.1) is 0 Å². The van der Waals surface area contributed by atoms with Gasteiger partial charge in [-0.1, -0.05) is 17.7 Å². The van der Waals surface area contributed by atoms with Crippen molar-refractivity contribution >= 4 is 23.2 Å². The quantitative estimate of drug-likeness (QED) is 0.459. The number of anilines is 2. The van der Waals surface area contributed by atoms with Crippen molar-refractivity contribution in [2.75, 3.05) is 44.2 Å². The standard InChI is InChI=1S/C27H28N2O6/c1-18-5-8-21(9-6-18)34-12-4-11-29-24-10-7-20(15-25(24)35-17-26(29)30)28-27(31)19-13-22(32-2)16-23(14-19)33-3/h5-10,13-16H,4,11-12,17H2,1-3H3,(H,28,31). The molecular formula is C27H28N2O6. The van der Waals surface area contributed by atoms with E-state index in [4.69, 9.17) is 18.9 Å². The predicted octanol–water partition coefficient (Wildman–Crippen LogP) is 4.46. The second-order valence-electron chi connectivity index (χ2n) is 8.09. The lowest BCUT2D eigenvalue weighted by Crippen LogP contribution is -2.39. The van der Waals surface area contributed by atoms with Gasteiger partial charge in [0.05, 0.1) is 26.5 Å². The van der Waals surface area contributed by atoms with E-state index in [2.05, 4.69) is 5.32 Å². The highest BCUT2D eigenvalue weighted by atomic mass is 16.5. The Morgan fingerprint density at radius 1 is 0.971 bits per heavy atom. The van der Waals surface area contributed by atoms with Crippen LogP contribution >= 0.6 is 0 Å². The molecule has 1 aliphatic rings. The van der Waals surface area contributed by atoms with Crippen LogP contribution in [-0.4, -0.2) is 45.8 Å². The lowest BCUT2D eigenvalue weighted by molar-refractivity contribution is -0.121. The number of hydrogen-bond acceptors (Lipinski definition) is 6. The zero-order valence-corrected chi connectivity index (χ0v) is 20.0. The van der Waals surface area contributed by atoms with E-state index >= 15 is 0 Å². The summed E-state index contributed by atoms with van der Waals surface area (Å²) in [5.74, 6) is 1.93. The highest BCUT2D eigenvalue weighted by Gasteiger charge is 2.25. The number of carbonyl (C=O) groups is 2. The topological polar surface area (TPSA) is 86.3 Å². The molecule has 2 amide bonds. The van der Waals surface area contributed by atoms with Gasteiger partial charge in [0, 0.05) is 29.9 Å². The zero-order valence-electron chi connectivity index (χ0n) is 20.0. The Kier molecular flexibility index (Phi) is 7.40. The summed E-state index contributed by atoms with van der Waals surface area (Å²) in [4.78, 5) is 27.0. The number of rotatable bonds is 9. The van der Waals surface area contributed by atoms with Crippen LogP contribution in [-0.2, 0) is 4.79 Å². The van der Waals surface area contributed by atoms with Gasteiger partial charge in [-0.3, -0.25) is 9.59 Å². The first kappa shape index (κ1) is 23.9. The van der Waals surface area contributed by atoms with E-state index < -0.39 is 0 Å². The number of hydrogen-bond donors (Lipinski definition) is 1.